The summed E-state index contributed by atoms with van der Waals surface area (Å²) in [7, 11) is -18.4. The Morgan fingerprint density at radius 3 is 0.595 bits per heavy atom. The average Bonchev–Trinajstić information content (AvgIpc) is 2.60. The van der Waals surface area contributed by atoms with Gasteiger partial charge in [0.25, 0.3) is 0 Å². The van der Waals surface area contributed by atoms with Crippen molar-refractivity contribution in [2.45, 2.75) is 100 Å². The van der Waals surface area contributed by atoms with Crippen LogP contribution in [0.25, 0.3) is 0 Å². The van der Waals surface area contributed by atoms with Crippen molar-refractivity contribution in [3.05, 3.63) is 0 Å². The number of rotatable bonds is 14. The van der Waals surface area contributed by atoms with E-state index in [9.17, 15) is 0 Å². The summed E-state index contributed by atoms with van der Waals surface area (Å²) in [6.07, 6.45) is 20.7. The first-order valence-corrected chi connectivity index (χ1v) is 20.6. The second-order valence-corrected chi connectivity index (χ2v) is 13.8. The van der Waals surface area contributed by atoms with E-state index in [4.69, 9.17) is 76.7 Å². The second kappa shape index (κ2) is 30.2. The van der Waals surface area contributed by atoms with Crippen molar-refractivity contribution < 1.29 is 76.7 Å². The first kappa shape index (κ1) is 48.0. The van der Waals surface area contributed by atoms with Crippen molar-refractivity contribution in [3.63, 3.8) is 0 Å². The van der Waals surface area contributed by atoms with Gasteiger partial charge in [0.1, 0.15) is 0 Å². The van der Waals surface area contributed by atoms with E-state index in [2.05, 4.69) is 6.92 Å². The third-order valence-electron chi connectivity index (χ3n) is 3.71. The summed E-state index contributed by atoms with van der Waals surface area (Å²) >= 11 is 1.41. The normalized spacial score (nSPS) is 11.5. The molecule has 0 aliphatic rings. The first-order valence-electron chi connectivity index (χ1n) is 12.0. The fraction of sp³-hybridized carbons (Fsp3) is 1.00. The molecule has 0 aromatic rings. The fourth-order valence-corrected chi connectivity index (χ4v) is 2.94. The minimum atomic E-state index is -4.61. The van der Waals surface area contributed by atoms with Crippen LogP contribution in [0.1, 0.15) is 96.8 Å². The smallest absolute Gasteiger partial charge is 0.368 e. The molecule has 0 bridgehead atoms. The number of hydrogen-bond donors (Lipinski definition) is 16. The molecule has 0 spiro atoms. The maximum Gasteiger partial charge on any atom is 0.668 e. The van der Waals surface area contributed by atoms with Gasteiger partial charge in [-0.1, -0.05) is 26.2 Å². The van der Waals surface area contributed by atoms with E-state index in [-0.39, 0.29) is 0 Å². The van der Waals surface area contributed by atoms with Gasteiger partial charge >= 0.3 is 138 Å². The van der Waals surface area contributed by atoms with Crippen molar-refractivity contribution >= 4 is 64.1 Å². The molecule has 0 aliphatic heterocycles. The largest absolute Gasteiger partial charge is 0.668 e. The van der Waals surface area contributed by atoms with Gasteiger partial charge in [-0.05, 0) is 0 Å². The Morgan fingerprint density at radius 2 is 0.459 bits per heavy atom. The molecular weight excluding hydrogens is 583 g/mol. The van der Waals surface area contributed by atoms with E-state index in [1.165, 1.54) is 121 Å². The predicted molar refractivity (Wildman–Crippen MR) is 139 cm³/mol. The van der Waals surface area contributed by atoms with Crippen LogP contribution in [0, 0.1) is 0 Å². The molecule has 226 valence electrons. The molecule has 0 atom stereocenters. The molecule has 37 heavy (non-hydrogen) atoms. The summed E-state index contributed by atoms with van der Waals surface area (Å²) in [5.41, 5.74) is 0. The van der Waals surface area contributed by atoms with Crippen LogP contribution >= 0.6 is 0 Å². The van der Waals surface area contributed by atoms with Crippen molar-refractivity contribution in [1.82, 2.24) is 0 Å². The minimum absolute atomic E-state index is 1.38. The van der Waals surface area contributed by atoms with Crippen LogP contribution in [0.15, 0.2) is 0 Å². The van der Waals surface area contributed by atoms with Crippen LogP contribution in [0.2, 0.25) is 3.67 Å². The standard InChI is InChI=1S/C16H33.Na.4H4O4Si/c1-3-5-7-9-11-13-15-16-14-12-10-8-6-4-2;;4*1-5(2,3)4/h1,3-16H2,2H3;;4*1-4H. The van der Waals surface area contributed by atoms with Crippen LogP contribution < -0.4 is 0 Å². The molecule has 0 amide bonds. The van der Waals surface area contributed by atoms with Crippen LogP contribution in [-0.4, -0.2) is 141 Å². The molecule has 0 fully saturated rings. The van der Waals surface area contributed by atoms with Crippen LogP contribution in [-0.2, 0) is 0 Å². The van der Waals surface area contributed by atoms with Crippen LogP contribution in [0.3, 0.4) is 0 Å². The molecule has 0 saturated heterocycles. The molecule has 0 heterocycles. The van der Waals surface area contributed by atoms with E-state index in [0.717, 1.165) is 0 Å². The van der Waals surface area contributed by atoms with Gasteiger partial charge < -0.3 is 76.7 Å². The molecule has 16 N–H and O–H groups in total. The Kier molecular flexibility index (Phi) is 39.2. The van der Waals surface area contributed by atoms with Crippen molar-refractivity contribution in [3.8, 4) is 0 Å². The van der Waals surface area contributed by atoms with E-state index < -0.39 is 36.2 Å². The molecule has 16 nitrogen and oxygen atoms in total. The van der Waals surface area contributed by atoms with Gasteiger partial charge in [0.15, 0.2) is 0 Å². The molecule has 0 radical (unpaired) electrons. The summed E-state index contributed by atoms with van der Waals surface area (Å²) in [5.74, 6) is 0. The Hall–Kier alpha value is 1.23. The monoisotopic (exact) mass is 632 g/mol. The van der Waals surface area contributed by atoms with Gasteiger partial charge in [0.2, 0.25) is 0 Å². The van der Waals surface area contributed by atoms with E-state index >= 15 is 0 Å². The second-order valence-electron chi connectivity index (χ2n) is 8.00. The quantitative estimate of drug-likeness (QED) is 0.0635. The third-order valence-corrected chi connectivity index (χ3v) is 4.41. The van der Waals surface area contributed by atoms with Gasteiger partial charge in [-0.25, -0.2) is 0 Å². The molecule has 0 aromatic carbocycles. The van der Waals surface area contributed by atoms with Crippen molar-refractivity contribution in [2.75, 3.05) is 0 Å². The molecule has 0 aliphatic carbocycles. The molecule has 0 rings (SSSR count). The summed E-state index contributed by atoms with van der Waals surface area (Å²) in [6, 6.07) is 0. The fourth-order valence-electron chi connectivity index (χ4n) is 2.44. The molecule has 0 saturated carbocycles. The topological polar surface area (TPSA) is 324 Å². The van der Waals surface area contributed by atoms with E-state index in [0.29, 0.717) is 0 Å². The molecular formula is C16H49NaO16Si4. The Labute approximate surface area is 240 Å². The van der Waals surface area contributed by atoms with Gasteiger partial charge in [0, 0.05) is 0 Å². The zero-order valence-electron chi connectivity index (χ0n) is 21.8. The zero-order chi connectivity index (χ0) is 30.6. The van der Waals surface area contributed by atoms with Crippen LogP contribution in [0.4, 0.5) is 0 Å². The maximum absolute atomic E-state index is 7.33. The predicted octanol–water partition coefficient (Wildman–Crippen LogP) is -4.38. The van der Waals surface area contributed by atoms with Gasteiger partial charge in [-0.3, -0.25) is 0 Å². The number of hydrogen-bond acceptors (Lipinski definition) is 16. The van der Waals surface area contributed by atoms with E-state index in [1.54, 1.807) is 0 Å². The first-order chi connectivity index (χ1) is 16.4. The number of unbranched alkanes of at least 4 members (excludes halogenated alkanes) is 13. The maximum atomic E-state index is 7.33. The Morgan fingerprint density at radius 1 is 0.324 bits per heavy atom. The summed E-state index contributed by atoms with van der Waals surface area (Å²) in [4.78, 5) is 117. The van der Waals surface area contributed by atoms with Crippen molar-refractivity contribution in [2.24, 2.45) is 0 Å². The van der Waals surface area contributed by atoms with Crippen LogP contribution in [0.5, 0.6) is 0 Å². The molecule has 21 heteroatoms. The minimum Gasteiger partial charge on any atom is -0.368 e. The average molecular weight is 633 g/mol. The third kappa shape index (κ3) is 199. The molecule has 0 aromatic heterocycles. The van der Waals surface area contributed by atoms with Gasteiger partial charge in [0.05, 0.1) is 0 Å². The van der Waals surface area contributed by atoms with Crippen molar-refractivity contribution in [1.29, 1.82) is 0 Å². The van der Waals surface area contributed by atoms with Gasteiger partial charge in [-0.15, -0.1) is 0 Å². The van der Waals surface area contributed by atoms with Gasteiger partial charge in [-0.2, -0.15) is 0 Å². The van der Waals surface area contributed by atoms with E-state index in [1.807, 2.05) is 0 Å². The SMILES string of the molecule is CCCCCCCCCCCCCCC[CH2][Na].O[Si](O)(O)O.O[Si](O)(O)O.O[Si](O)(O)O.O[Si](O)(O)O. The molecule has 0 unspecified atom stereocenters. The zero-order valence-corrected chi connectivity index (χ0v) is 27.8. The summed E-state index contributed by atoms with van der Waals surface area (Å²) in [5, 5.41) is 0. The Bertz CT molecular complexity index is 345. The Balaban J connectivity index is -0.000000139. The summed E-state index contributed by atoms with van der Waals surface area (Å²) in [6.45, 7) is 2.29. The summed E-state index contributed by atoms with van der Waals surface area (Å²) < 4.78 is 1.51.